The molecule has 0 N–H and O–H groups in total. The highest BCUT2D eigenvalue weighted by atomic mass is 16.5. The summed E-state index contributed by atoms with van der Waals surface area (Å²) in [5, 5.41) is 8.58. The van der Waals surface area contributed by atoms with Crippen molar-refractivity contribution < 1.29 is 9.53 Å². The van der Waals surface area contributed by atoms with E-state index in [1.54, 1.807) is 31.2 Å². The van der Waals surface area contributed by atoms with E-state index in [-0.39, 0.29) is 0 Å². The third kappa shape index (κ3) is 2.96. The molecule has 76 valence electrons. The average Bonchev–Trinajstić information content (AvgIpc) is 2.27. The maximum Gasteiger partial charge on any atom is 0.339 e. The van der Waals surface area contributed by atoms with Crippen molar-refractivity contribution in [3.63, 3.8) is 0 Å². The van der Waals surface area contributed by atoms with E-state index in [1.165, 1.54) is 6.08 Å². The highest BCUT2D eigenvalue weighted by Gasteiger charge is 2.11. The molecule has 0 atom stereocenters. The molecule has 0 aliphatic carbocycles. The lowest BCUT2D eigenvalue weighted by molar-refractivity contribution is -0.136. The van der Waals surface area contributed by atoms with Crippen molar-refractivity contribution in [1.82, 2.24) is 0 Å². The molecule has 0 bridgehead atoms. The molecular weight excluding hydrogens is 190 g/mol. The molecule has 1 rings (SSSR count). The van der Waals surface area contributed by atoms with Crippen LogP contribution in [0.15, 0.2) is 36.4 Å². The molecule has 3 heteroatoms. The van der Waals surface area contributed by atoms with E-state index in [4.69, 9.17) is 10.00 Å². The Hall–Kier alpha value is -2.08. The number of hydrogen-bond acceptors (Lipinski definition) is 3. The number of nitrogens with zero attached hydrogens (tertiary/aromatic N) is 1. The zero-order chi connectivity index (χ0) is 11.1. The highest BCUT2D eigenvalue weighted by molar-refractivity contribution is 6.16. The number of carbonyl (C=O) groups excluding carboxylic acids is 1. The first-order valence-electron chi connectivity index (χ1n) is 4.62. The molecule has 0 amide bonds. The van der Waals surface area contributed by atoms with Crippen LogP contribution in [0.2, 0.25) is 0 Å². The second-order valence-corrected chi connectivity index (χ2v) is 2.77. The van der Waals surface area contributed by atoms with Crippen LogP contribution in [0, 0.1) is 11.3 Å². The second-order valence-electron chi connectivity index (χ2n) is 2.77. The molecule has 0 aliphatic rings. The number of hydrogen-bond donors (Lipinski definition) is 0. The Labute approximate surface area is 88.6 Å². The Morgan fingerprint density at radius 3 is 2.67 bits per heavy atom. The van der Waals surface area contributed by atoms with E-state index in [9.17, 15) is 4.79 Å². The van der Waals surface area contributed by atoms with Gasteiger partial charge in [-0.1, -0.05) is 30.3 Å². The molecule has 0 aliphatic heterocycles. The zero-order valence-corrected chi connectivity index (χ0v) is 8.43. The number of benzene rings is 1. The van der Waals surface area contributed by atoms with Crippen LogP contribution < -0.4 is 0 Å². The van der Waals surface area contributed by atoms with Gasteiger partial charge in [0.25, 0.3) is 0 Å². The van der Waals surface area contributed by atoms with E-state index in [0.29, 0.717) is 17.7 Å². The van der Waals surface area contributed by atoms with Crippen LogP contribution in [0.5, 0.6) is 0 Å². The number of carbonyl (C=O) groups is 1. The largest absolute Gasteiger partial charge is 0.462 e. The molecule has 0 aromatic heterocycles. The van der Waals surface area contributed by atoms with Gasteiger partial charge in [-0.15, -0.1) is 0 Å². The minimum Gasteiger partial charge on any atom is -0.462 e. The number of rotatable bonds is 3. The summed E-state index contributed by atoms with van der Waals surface area (Å²) in [6.45, 7) is 2.03. The monoisotopic (exact) mass is 201 g/mol. The summed E-state index contributed by atoms with van der Waals surface area (Å²) < 4.78 is 4.85. The van der Waals surface area contributed by atoms with Crippen molar-refractivity contribution in [2.45, 2.75) is 6.92 Å². The first-order chi connectivity index (χ1) is 7.29. The van der Waals surface area contributed by atoms with Gasteiger partial charge >= 0.3 is 5.97 Å². The van der Waals surface area contributed by atoms with Gasteiger partial charge < -0.3 is 4.74 Å². The van der Waals surface area contributed by atoms with Crippen LogP contribution in [0.25, 0.3) is 5.57 Å². The van der Waals surface area contributed by atoms with Crippen molar-refractivity contribution in [3.05, 3.63) is 42.0 Å². The fourth-order valence-electron chi connectivity index (χ4n) is 1.15. The Morgan fingerprint density at radius 2 is 2.13 bits per heavy atom. The molecule has 15 heavy (non-hydrogen) atoms. The van der Waals surface area contributed by atoms with Crippen LogP contribution in [-0.4, -0.2) is 12.6 Å². The van der Waals surface area contributed by atoms with Gasteiger partial charge in [0.15, 0.2) is 0 Å². The Balaban J connectivity index is 3.01. The van der Waals surface area contributed by atoms with Gasteiger partial charge in [0, 0.05) is 6.08 Å². The first-order valence-corrected chi connectivity index (χ1v) is 4.62. The van der Waals surface area contributed by atoms with Gasteiger partial charge in [0.2, 0.25) is 0 Å². The van der Waals surface area contributed by atoms with Crippen LogP contribution >= 0.6 is 0 Å². The van der Waals surface area contributed by atoms with Crippen molar-refractivity contribution >= 4 is 11.5 Å². The Morgan fingerprint density at radius 1 is 1.47 bits per heavy atom. The summed E-state index contributed by atoms with van der Waals surface area (Å²) in [4.78, 5) is 11.5. The Bertz CT molecular complexity index is 401. The molecule has 0 spiro atoms. The molecule has 3 nitrogen and oxygen atoms in total. The molecule has 0 saturated heterocycles. The van der Waals surface area contributed by atoms with Crippen LogP contribution in [0.4, 0.5) is 0 Å². The molecule has 1 aromatic carbocycles. The molecule has 0 saturated carbocycles. The molecular formula is C12H11NO2. The van der Waals surface area contributed by atoms with Gasteiger partial charge in [-0.2, -0.15) is 5.26 Å². The quantitative estimate of drug-likeness (QED) is 0.427. The zero-order valence-electron chi connectivity index (χ0n) is 8.43. The summed E-state index contributed by atoms with van der Waals surface area (Å²) in [6.07, 6.45) is 1.20. The van der Waals surface area contributed by atoms with Crippen molar-refractivity contribution in [3.8, 4) is 6.07 Å². The maximum absolute atomic E-state index is 11.5. The van der Waals surface area contributed by atoms with E-state index in [2.05, 4.69) is 0 Å². The van der Waals surface area contributed by atoms with Crippen LogP contribution in [0.1, 0.15) is 12.5 Å². The van der Waals surface area contributed by atoms with Crippen LogP contribution in [-0.2, 0) is 9.53 Å². The summed E-state index contributed by atoms with van der Waals surface area (Å²) in [7, 11) is 0. The number of ether oxygens (including phenoxy) is 1. The predicted octanol–water partition coefficient (Wildman–Crippen LogP) is 2.16. The summed E-state index contributed by atoms with van der Waals surface area (Å²) in [5.41, 5.74) is 0.984. The third-order valence-corrected chi connectivity index (χ3v) is 1.79. The number of nitriles is 1. The number of allylic oxidation sites excluding steroid dienone is 1. The predicted molar refractivity (Wildman–Crippen MR) is 56.7 cm³/mol. The second kappa shape index (κ2) is 5.61. The van der Waals surface area contributed by atoms with E-state index < -0.39 is 5.97 Å². The van der Waals surface area contributed by atoms with Gasteiger partial charge in [0.05, 0.1) is 18.2 Å². The van der Waals surface area contributed by atoms with Gasteiger partial charge in [-0.05, 0) is 12.5 Å². The molecule has 0 fully saturated rings. The third-order valence-electron chi connectivity index (χ3n) is 1.79. The van der Waals surface area contributed by atoms with Crippen molar-refractivity contribution in [2.24, 2.45) is 0 Å². The van der Waals surface area contributed by atoms with Gasteiger partial charge in [-0.25, -0.2) is 4.79 Å². The smallest absolute Gasteiger partial charge is 0.339 e. The summed E-state index contributed by atoms with van der Waals surface area (Å²) >= 11 is 0. The minimum atomic E-state index is -0.467. The lowest BCUT2D eigenvalue weighted by atomic mass is 10.1. The van der Waals surface area contributed by atoms with Crippen molar-refractivity contribution in [1.29, 1.82) is 5.26 Å². The van der Waals surface area contributed by atoms with Crippen LogP contribution in [0.3, 0.4) is 0 Å². The van der Waals surface area contributed by atoms with E-state index >= 15 is 0 Å². The fourth-order valence-corrected chi connectivity index (χ4v) is 1.15. The minimum absolute atomic E-state index is 0.292. The SMILES string of the molecule is CCOC(=O)/C(=C\C#N)c1ccccc1. The highest BCUT2D eigenvalue weighted by Crippen LogP contribution is 2.15. The summed E-state index contributed by atoms with van der Waals surface area (Å²) in [5.74, 6) is -0.467. The topological polar surface area (TPSA) is 50.1 Å². The first kappa shape index (κ1) is 11.0. The summed E-state index contributed by atoms with van der Waals surface area (Å²) in [6, 6.07) is 10.8. The Kier molecular flexibility index (Phi) is 4.11. The van der Waals surface area contributed by atoms with E-state index in [1.807, 2.05) is 12.1 Å². The van der Waals surface area contributed by atoms with Crippen molar-refractivity contribution in [2.75, 3.05) is 6.61 Å². The lowest BCUT2D eigenvalue weighted by Crippen LogP contribution is -2.06. The number of esters is 1. The molecule has 1 aromatic rings. The normalized spacial score (nSPS) is 10.5. The van der Waals surface area contributed by atoms with E-state index in [0.717, 1.165) is 0 Å². The maximum atomic E-state index is 11.5. The van der Waals surface area contributed by atoms with Gasteiger partial charge in [-0.3, -0.25) is 0 Å². The van der Waals surface area contributed by atoms with Gasteiger partial charge in [0.1, 0.15) is 0 Å². The molecule has 0 unspecified atom stereocenters. The lowest BCUT2D eigenvalue weighted by Gasteiger charge is -2.05. The fraction of sp³-hybridized carbons (Fsp3) is 0.167. The molecule has 0 radical (unpaired) electrons. The standard InChI is InChI=1S/C12H11NO2/c1-2-15-12(14)11(8-9-13)10-6-4-3-5-7-10/h3-8H,2H2,1H3/b11-8-. The average molecular weight is 201 g/mol. The molecule has 0 heterocycles.